The number of hydrogen-bond donors (Lipinski definition) is 1. The molecule has 0 radical (unpaired) electrons. The summed E-state index contributed by atoms with van der Waals surface area (Å²) in [6.07, 6.45) is 0. The molecule has 0 rings (SSSR count). The van der Waals surface area contributed by atoms with E-state index in [1.165, 1.54) is 0 Å². The molecule has 0 aromatic heterocycles. The summed E-state index contributed by atoms with van der Waals surface area (Å²) in [5.74, 6) is 0. The summed E-state index contributed by atoms with van der Waals surface area (Å²) in [6.45, 7) is 0. The Labute approximate surface area is 31.0 Å². The van der Waals surface area contributed by atoms with E-state index in [-0.39, 0.29) is 0 Å². The molecule has 28 valence electrons. The first kappa shape index (κ1) is 5.16. The highest BCUT2D eigenvalue weighted by Gasteiger charge is 2.05. The molecule has 0 amide bonds. The van der Waals surface area contributed by atoms with Gasteiger partial charge in [0.2, 0.25) is 0 Å². The molecular weight excluding hydrogens is 110 g/mol. The molecule has 0 bridgehead atoms. The zero-order valence-electron chi connectivity index (χ0n) is 2.16. The van der Waals surface area contributed by atoms with Crippen molar-refractivity contribution in [2.24, 2.45) is 0 Å². The zero-order chi connectivity index (χ0) is 4.28. The highest BCUT2D eigenvalue weighted by molar-refractivity contribution is 8.06. The van der Waals surface area contributed by atoms with E-state index in [1.807, 2.05) is 0 Å². The van der Waals surface area contributed by atoms with Gasteiger partial charge in [0.1, 0.15) is 0 Å². The van der Waals surface area contributed by atoms with Crippen LogP contribution in [0.25, 0.3) is 0 Å². The third-order valence-electron chi connectivity index (χ3n) is 0.0698. The Balaban J connectivity index is 3.20. The van der Waals surface area contributed by atoms with E-state index in [2.05, 4.69) is 0 Å². The number of hydrogen-bond acceptors (Lipinski definition) is 2. The van der Waals surface area contributed by atoms with Crippen molar-refractivity contribution in [3.63, 3.8) is 0 Å². The lowest BCUT2D eigenvalue weighted by atomic mass is 15.9. The predicted molar refractivity (Wildman–Crippen MR) is 17.4 cm³/mol. The van der Waals surface area contributed by atoms with Crippen molar-refractivity contribution in [3.8, 4) is 0 Å². The van der Waals surface area contributed by atoms with Crippen molar-refractivity contribution in [1.29, 1.82) is 0 Å². The molecule has 0 aromatic rings. The van der Waals surface area contributed by atoms with Crippen LogP contribution in [0.2, 0.25) is 0 Å². The van der Waals surface area contributed by atoms with E-state index in [0.29, 0.717) is 0 Å². The summed E-state index contributed by atoms with van der Waals surface area (Å²) in [5.41, 5.74) is 0. The molecule has 5 heavy (non-hydrogen) atoms. The molecule has 0 heterocycles. The Hall–Kier alpha value is 0.160. The van der Waals surface area contributed by atoms with Gasteiger partial charge in [0.15, 0.2) is 0 Å². The van der Waals surface area contributed by atoms with Crippen LogP contribution in [0.3, 0.4) is 0 Å². The minimum atomic E-state index is -2.43. The monoisotopic (exact) mass is 111 g/mol. The van der Waals surface area contributed by atoms with Crippen LogP contribution < -0.4 is 0 Å². The molecule has 0 aliphatic rings. The first-order valence-electron chi connectivity index (χ1n) is 0.765. The maximum Gasteiger partial charge on any atom is 0.606 e. The van der Waals surface area contributed by atoms with Gasteiger partial charge in [0.25, 0.3) is 0 Å². The van der Waals surface area contributed by atoms with Gasteiger partial charge < -0.3 is 0 Å². The van der Waals surface area contributed by atoms with Gasteiger partial charge in [-0.25, -0.2) is 4.57 Å². The molecule has 1 N–H and O–H groups in total. The quantitative estimate of drug-likeness (QED) is 0.512. The lowest BCUT2D eigenvalue weighted by Gasteiger charge is -1.34. The third-order valence-corrected chi connectivity index (χ3v) is 0.629. The largest absolute Gasteiger partial charge is 0.606 e. The first-order chi connectivity index (χ1) is 2.27. The second-order valence-corrected chi connectivity index (χ2v) is 2.52. The van der Waals surface area contributed by atoms with Crippen molar-refractivity contribution in [1.82, 2.24) is 0 Å². The predicted octanol–water partition coefficient (Wildman–Crippen LogP) is 0.928. The van der Waals surface area contributed by atoms with Crippen LogP contribution in [0, 0.1) is 0 Å². The summed E-state index contributed by atoms with van der Waals surface area (Å²) in [5, 5.41) is 0. The van der Waals surface area contributed by atoms with E-state index in [4.69, 9.17) is 9.46 Å². The van der Waals surface area contributed by atoms with E-state index in [9.17, 15) is 4.57 Å². The lowest BCUT2D eigenvalue weighted by Crippen LogP contribution is -1.24. The second-order valence-electron chi connectivity index (χ2n) is 0.334. The number of rotatable bonds is 1. The molecule has 0 spiro atoms. The standard InChI is InChI=1S/O3P2/c1-4-5(2)3/p+1. The summed E-state index contributed by atoms with van der Waals surface area (Å²) in [6, 6.07) is 0. The Kier molecular flexibility index (Phi) is 2.48. The van der Waals surface area contributed by atoms with Gasteiger partial charge in [-0.15, -0.1) is 0 Å². The van der Waals surface area contributed by atoms with Gasteiger partial charge >= 0.3 is 15.9 Å². The molecule has 1 unspecified atom stereocenters. The van der Waals surface area contributed by atoms with E-state index >= 15 is 0 Å². The SMILES string of the molecule is O=P[P+](=O)O. The van der Waals surface area contributed by atoms with E-state index in [1.54, 1.807) is 0 Å². The summed E-state index contributed by atoms with van der Waals surface area (Å²) in [7, 11) is -3.12. The summed E-state index contributed by atoms with van der Waals surface area (Å²) < 4.78 is 18.3. The third kappa shape index (κ3) is 4.16. The topological polar surface area (TPSA) is 54.4 Å². The molecule has 0 saturated heterocycles. The Bertz CT molecular complexity index is 55.9. The normalized spacial score (nSPS) is 11.8. The maximum absolute atomic E-state index is 9.19. The van der Waals surface area contributed by atoms with Crippen LogP contribution in [0.4, 0.5) is 0 Å². The molecule has 1 atom stereocenters. The Morgan fingerprint density at radius 3 is 2.00 bits per heavy atom. The zero-order valence-corrected chi connectivity index (χ0v) is 3.95. The molecular formula is HO3P2+. The smallest absolute Gasteiger partial charge is 0.210 e. The van der Waals surface area contributed by atoms with Crippen molar-refractivity contribution < 1.29 is 14.0 Å². The maximum atomic E-state index is 9.19. The molecule has 0 aromatic carbocycles. The minimum absolute atomic E-state index is 0.688. The fraction of sp³-hybridized carbons (Fsp3) is 0. The molecule has 0 saturated carbocycles. The molecule has 3 nitrogen and oxygen atoms in total. The van der Waals surface area contributed by atoms with Gasteiger partial charge in [-0.3, -0.25) is 0 Å². The molecule has 5 heteroatoms. The van der Waals surface area contributed by atoms with Gasteiger partial charge in [-0.2, -0.15) is 4.89 Å². The van der Waals surface area contributed by atoms with Crippen LogP contribution >= 0.6 is 15.9 Å². The molecule has 0 aliphatic carbocycles. The fourth-order valence-corrected chi connectivity index (χ4v) is 0. The van der Waals surface area contributed by atoms with Crippen LogP contribution in [-0.4, -0.2) is 4.89 Å². The van der Waals surface area contributed by atoms with Gasteiger partial charge in [-0.05, 0) is 4.57 Å². The highest BCUT2D eigenvalue weighted by Crippen LogP contribution is 2.28. The molecule has 0 aliphatic heterocycles. The summed E-state index contributed by atoms with van der Waals surface area (Å²) >= 11 is 0. The first-order valence-corrected chi connectivity index (χ1v) is 3.50. The highest BCUT2D eigenvalue weighted by atomic mass is 32.0. The molecule has 0 fully saturated rings. The second kappa shape index (κ2) is 2.40. The van der Waals surface area contributed by atoms with E-state index in [0.717, 1.165) is 0 Å². The van der Waals surface area contributed by atoms with Crippen molar-refractivity contribution >= 4 is 15.9 Å². The summed E-state index contributed by atoms with van der Waals surface area (Å²) in [4.78, 5) is 7.55. The van der Waals surface area contributed by atoms with Crippen molar-refractivity contribution in [2.45, 2.75) is 0 Å². The van der Waals surface area contributed by atoms with Crippen molar-refractivity contribution in [3.05, 3.63) is 0 Å². The minimum Gasteiger partial charge on any atom is -0.210 e. The van der Waals surface area contributed by atoms with Gasteiger partial charge in [0.05, 0.1) is 0 Å². The van der Waals surface area contributed by atoms with Crippen LogP contribution in [0.15, 0.2) is 0 Å². The Morgan fingerprint density at radius 1 is 1.80 bits per heavy atom. The van der Waals surface area contributed by atoms with Crippen LogP contribution in [0.1, 0.15) is 0 Å². The average molecular weight is 111 g/mol. The fourth-order valence-electron chi connectivity index (χ4n) is 0. The Morgan fingerprint density at radius 2 is 2.00 bits per heavy atom. The van der Waals surface area contributed by atoms with Crippen LogP contribution in [0.5, 0.6) is 0 Å². The van der Waals surface area contributed by atoms with Crippen molar-refractivity contribution in [2.75, 3.05) is 0 Å². The van der Waals surface area contributed by atoms with Gasteiger partial charge in [0, 0.05) is 0 Å². The van der Waals surface area contributed by atoms with E-state index < -0.39 is 15.9 Å². The van der Waals surface area contributed by atoms with Gasteiger partial charge in [-0.1, -0.05) is 0 Å². The van der Waals surface area contributed by atoms with Crippen LogP contribution in [-0.2, 0) is 9.13 Å². The average Bonchev–Trinajstić information content (AvgIpc) is 1.38. The lowest BCUT2D eigenvalue weighted by molar-refractivity contribution is 0.514.